The Kier molecular flexibility index (Phi) is 6.36. The van der Waals surface area contributed by atoms with Gasteiger partial charge in [0.15, 0.2) is 5.78 Å². The average molecular weight is 377 g/mol. The summed E-state index contributed by atoms with van der Waals surface area (Å²) in [6.07, 6.45) is 2.85. The summed E-state index contributed by atoms with van der Waals surface area (Å²) >= 11 is 5.90. The molecule has 2 fully saturated rings. The minimum Gasteiger partial charge on any atom is -0.341 e. The van der Waals surface area contributed by atoms with Crippen LogP contribution in [0.4, 0.5) is 0 Å². The molecule has 0 saturated carbocycles. The van der Waals surface area contributed by atoms with Crippen molar-refractivity contribution in [2.45, 2.75) is 33.1 Å². The summed E-state index contributed by atoms with van der Waals surface area (Å²) in [5, 5.41) is 0.649. The number of carbonyl (C=O) groups excluding carboxylic acids is 2. The lowest BCUT2D eigenvalue weighted by Crippen LogP contribution is -2.48. The molecule has 0 unspecified atom stereocenters. The predicted octanol–water partition coefficient (Wildman–Crippen LogP) is 3.74. The van der Waals surface area contributed by atoms with E-state index in [-0.39, 0.29) is 17.6 Å². The largest absolute Gasteiger partial charge is 0.341 e. The highest BCUT2D eigenvalue weighted by atomic mass is 35.5. The second-order valence-corrected chi connectivity index (χ2v) is 8.60. The summed E-state index contributed by atoms with van der Waals surface area (Å²) in [4.78, 5) is 29.5. The van der Waals surface area contributed by atoms with Gasteiger partial charge in [-0.3, -0.25) is 14.5 Å². The average Bonchev–Trinajstić information content (AvgIpc) is 2.61. The van der Waals surface area contributed by atoms with Crippen LogP contribution in [0.15, 0.2) is 24.3 Å². The van der Waals surface area contributed by atoms with E-state index >= 15 is 0 Å². The van der Waals surface area contributed by atoms with E-state index in [1.165, 1.54) is 6.42 Å². The van der Waals surface area contributed by atoms with E-state index in [0.29, 0.717) is 23.4 Å². The minimum atomic E-state index is 0.0533. The lowest BCUT2D eigenvalue weighted by atomic mass is 9.89. The molecule has 2 heterocycles. The number of halogens is 1. The first-order valence-electron chi connectivity index (χ1n) is 9.72. The second kappa shape index (κ2) is 8.53. The standard InChI is InChI=1S/C21H29ClN2O2/c1-15-11-16(2)13-24(12-15)20(25)14-23-9-7-18(8-10-23)21(26)17-3-5-19(22)6-4-17/h3-6,15-16,18H,7-14H2,1-2H3/t15-,16-/m0/s1. The zero-order valence-corrected chi connectivity index (χ0v) is 16.5. The number of Topliss-reactive ketones (excluding diaryl/α,β-unsaturated/α-hetero) is 1. The number of amides is 1. The van der Waals surface area contributed by atoms with Crippen LogP contribution >= 0.6 is 11.6 Å². The van der Waals surface area contributed by atoms with Crippen LogP contribution in [-0.2, 0) is 4.79 Å². The molecule has 0 bridgehead atoms. The molecular weight excluding hydrogens is 348 g/mol. The van der Waals surface area contributed by atoms with Crippen LogP contribution in [0.3, 0.4) is 0 Å². The number of likely N-dealkylation sites (tertiary alicyclic amines) is 2. The van der Waals surface area contributed by atoms with Gasteiger partial charge in [-0.15, -0.1) is 0 Å². The van der Waals surface area contributed by atoms with E-state index in [0.717, 1.165) is 44.6 Å². The van der Waals surface area contributed by atoms with E-state index in [2.05, 4.69) is 18.7 Å². The molecule has 0 aromatic heterocycles. The smallest absolute Gasteiger partial charge is 0.236 e. The van der Waals surface area contributed by atoms with Crippen LogP contribution < -0.4 is 0 Å². The number of nitrogens with zero attached hydrogens (tertiary/aromatic N) is 2. The Morgan fingerprint density at radius 2 is 1.62 bits per heavy atom. The molecule has 142 valence electrons. The van der Waals surface area contributed by atoms with Crippen LogP contribution in [0.2, 0.25) is 5.02 Å². The molecule has 2 saturated heterocycles. The van der Waals surface area contributed by atoms with Crippen molar-refractivity contribution >= 4 is 23.3 Å². The van der Waals surface area contributed by atoms with Crippen molar-refractivity contribution < 1.29 is 9.59 Å². The summed E-state index contributed by atoms with van der Waals surface area (Å²) < 4.78 is 0. The number of ketones is 1. The molecule has 5 heteroatoms. The predicted molar refractivity (Wildman–Crippen MR) is 104 cm³/mol. The van der Waals surface area contributed by atoms with Crippen LogP contribution in [0.5, 0.6) is 0 Å². The Morgan fingerprint density at radius 1 is 1.04 bits per heavy atom. The molecule has 2 aliphatic heterocycles. The molecule has 1 amide bonds. The van der Waals surface area contributed by atoms with E-state index in [1.807, 2.05) is 4.90 Å². The molecule has 4 nitrogen and oxygen atoms in total. The molecule has 0 radical (unpaired) electrons. The van der Waals surface area contributed by atoms with Crippen molar-refractivity contribution in [3.8, 4) is 0 Å². The van der Waals surface area contributed by atoms with Crippen molar-refractivity contribution in [1.82, 2.24) is 9.80 Å². The van der Waals surface area contributed by atoms with Gasteiger partial charge in [-0.1, -0.05) is 25.4 Å². The summed E-state index contributed by atoms with van der Waals surface area (Å²) in [6, 6.07) is 7.14. The molecule has 1 aromatic rings. The highest BCUT2D eigenvalue weighted by Crippen LogP contribution is 2.24. The Labute approximate surface area is 161 Å². The number of carbonyl (C=O) groups is 2. The van der Waals surface area contributed by atoms with Gasteiger partial charge in [-0.2, -0.15) is 0 Å². The van der Waals surface area contributed by atoms with E-state index in [9.17, 15) is 9.59 Å². The van der Waals surface area contributed by atoms with Crippen molar-refractivity contribution in [3.05, 3.63) is 34.9 Å². The third-order valence-corrected chi connectivity index (χ3v) is 5.92. The summed E-state index contributed by atoms with van der Waals surface area (Å²) in [5.41, 5.74) is 0.736. The zero-order chi connectivity index (χ0) is 18.7. The number of piperidine rings is 2. The molecular formula is C21H29ClN2O2. The lowest BCUT2D eigenvalue weighted by molar-refractivity contribution is -0.135. The summed E-state index contributed by atoms with van der Waals surface area (Å²) in [5.74, 6) is 1.67. The van der Waals surface area contributed by atoms with Crippen molar-refractivity contribution in [1.29, 1.82) is 0 Å². The number of hydrogen-bond acceptors (Lipinski definition) is 3. The maximum atomic E-state index is 12.6. The lowest BCUT2D eigenvalue weighted by Gasteiger charge is -2.37. The van der Waals surface area contributed by atoms with Gasteiger partial charge < -0.3 is 4.90 Å². The highest BCUT2D eigenvalue weighted by Gasteiger charge is 2.29. The Morgan fingerprint density at radius 3 is 2.19 bits per heavy atom. The van der Waals surface area contributed by atoms with Crippen molar-refractivity contribution in [2.24, 2.45) is 17.8 Å². The van der Waals surface area contributed by atoms with E-state index in [1.54, 1.807) is 24.3 Å². The third-order valence-electron chi connectivity index (χ3n) is 5.67. The Hall–Kier alpha value is -1.39. The molecule has 2 aliphatic rings. The Balaban J connectivity index is 1.48. The van der Waals surface area contributed by atoms with Crippen molar-refractivity contribution in [2.75, 3.05) is 32.7 Å². The van der Waals surface area contributed by atoms with Crippen LogP contribution in [0.1, 0.15) is 43.5 Å². The maximum Gasteiger partial charge on any atom is 0.236 e. The van der Waals surface area contributed by atoms with Crippen LogP contribution in [-0.4, -0.2) is 54.2 Å². The Bertz CT molecular complexity index is 628. The highest BCUT2D eigenvalue weighted by molar-refractivity contribution is 6.30. The first-order valence-corrected chi connectivity index (χ1v) is 10.1. The molecule has 26 heavy (non-hydrogen) atoms. The monoisotopic (exact) mass is 376 g/mol. The number of rotatable bonds is 4. The molecule has 0 spiro atoms. The molecule has 0 aliphatic carbocycles. The molecule has 2 atom stereocenters. The fourth-order valence-corrected chi connectivity index (χ4v) is 4.49. The van der Waals surface area contributed by atoms with E-state index in [4.69, 9.17) is 11.6 Å². The first-order chi connectivity index (χ1) is 12.4. The fraction of sp³-hybridized carbons (Fsp3) is 0.619. The number of hydrogen-bond donors (Lipinski definition) is 0. The van der Waals surface area contributed by atoms with Gasteiger partial charge in [-0.25, -0.2) is 0 Å². The van der Waals surface area contributed by atoms with Gasteiger partial charge in [0.2, 0.25) is 5.91 Å². The summed E-state index contributed by atoms with van der Waals surface area (Å²) in [6.45, 7) is 8.33. The van der Waals surface area contributed by atoms with Crippen LogP contribution in [0.25, 0.3) is 0 Å². The first kappa shape index (κ1) is 19.4. The second-order valence-electron chi connectivity index (χ2n) is 8.17. The molecule has 0 N–H and O–H groups in total. The van der Waals surface area contributed by atoms with Gasteiger partial charge >= 0.3 is 0 Å². The van der Waals surface area contributed by atoms with Gasteiger partial charge in [-0.05, 0) is 68.5 Å². The van der Waals surface area contributed by atoms with Crippen LogP contribution in [0, 0.1) is 17.8 Å². The fourth-order valence-electron chi connectivity index (χ4n) is 4.36. The topological polar surface area (TPSA) is 40.6 Å². The number of benzene rings is 1. The van der Waals surface area contributed by atoms with Gasteiger partial charge in [0.05, 0.1) is 6.54 Å². The normalized spacial score (nSPS) is 25.3. The van der Waals surface area contributed by atoms with E-state index < -0.39 is 0 Å². The van der Waals surface area contributed by atoms with Gasteiger partial charge in [0.25, 0.3) is 0 Å². The van der Waals surface area contributed by atoms with Gasteiger partial charge in [0, 0.05) is 29.6 Å². The molecule has 1 aromatic carbocycles. The zero-order valence-electron chi connectivity index (χ0n) is 15.8. The quantitative estimate of drug-likeness (QED) is 0.751. The molecule has 3 rings (SSSR count). The summed E-state index contributed by atoms with van der Waals surface area (Å²) in [7, 11) is 0. The maximum absolute atomic E-state index is 12.6. The van der Waals surface area contributed by atoms with Gasteiger partial charge in [0.1, 0.15) is 0 Å². The minimum absolute atomic E-state index is 0.0533. The third kappa shape index (κ3) is 4.86. The van der Waals surface area contributed by atoms with Crippen molar-refractivity contribution in [3.63, 3.8) is 0 Å². The SMILES string of the molecule is C[C@H]1C[C@H](C)CN(C(=O)CN2CCC(C(=O)c3ccc(Cl)cc3)CC2)C1.